The molecule has 1 aromatic heterocycles. The summed E-state index contributed by atoms with van der Waals surface area (Å²) in [5.41, 5.74) is 0.314. The topological polar surface area (TPSA) is 96.5 Å². The van der Waals surface area contributed by atoms with Crippen molar-refractivity contribution in [3.8, 4) is 0 Å². The van der Waals surface area contributed by atoms with Gasteiger partial charge in [0.2, 0.25) is 0 Å². The van der Waals surface area contributed by atoms with Gasteiger partial charge in [0.25, 0.3) is 0 Å². The molecule has 2 heterocycles. The lowest BCUT2D eigenvalue weighted by atomic mass is 10.0. The van der Waals surface area contributed by atoms with Crippen LogP contribution in [0.1, 0.15) is 21.5 Å². The zero-order chi connectivity index (χ0) is 27.6. The zero-order valence-electron chi connectivity index (χ0n) is 20.3. The van der Waals surface area contributed by atoms with E-state index in [1.54, 1.807) is 12.3 Å². The summed E-state index contributed by atoms with van der Waals surface area (Å²) in [5.74, 6) is -0.770. The van der Waals surface area contributed by atoms with Gasteiger partial charge in [0.1, 0.15) is 11.6 Å². The van der Waals surface area contributed by atoms with E-state index in [-0.39, 0.29) is 22.5 Å². The highest BCUT2D eigenvalue weighted by Gasteiger charge is 2.30. The summed E-state index contributed by atoms with van der Waals surface area (Å²) in [7, 11) is 0. The van der Waals surface area contributed by atoms with Crippen molar-refractivity contribution in [1.29, 1.82) is 0 Å². The van der Waals surface area contributed by atoms with Crippen LogP contribution in [0, 0.1) is 5.82 Å². The average Bonchev–Trinajstić information content (AvgIpc) is 2.93. The number of fused-ring (bicyclic) bond motifs is 1. The first-order valence-corrected chi connectivity index (χ1v) is 11.9. The van der Waals surface area contributed by atoms with Gasteiger partial charge in [-0.15, -0.1) is 0 Å². The van der Waals surface area contributed by atoms with Crippen molar-refractivity contribution in [2.75, 3.05) is 41.8 Å². The molecule has 0 unspecified atom stereocenters. The van der Waals surface area contributed by atoms with Gasteiger partial charge in [-0.25, -0.2) is 14.2 Å². The average molecular weight is 539 g/mol. The molecule has 200 valence electrons. The first kappa shape index (κ1) is 26.0. The van der Waals surface area contributed by atoms with Crippen molar-refractivity contribution < 1.29 is 31.9 Å². The summed E-state index contributed by atoms with van der Waals surface area (Å²) in [6.07, 6.45) is -2.85. The largest absolute Gasteiger partial charge is 0.416 e. The number of carbonyl (C=O) groups excluding carboxylic acids is 2. The Hall–Kier alpha value is -4.58. The molecule has 3 aromatic carbocycles. The van der Waals surface area contributed by atoms with Crippen molar-refractivity contribution in [3.05, 3.63) is 89.4 Å². The Morgan fingerprint density at radius 3 is 2.28 bits per heavy atom. The molecule has 0 saturated carbocycles. The predicted octanol–water partition coefficient (Wildman–Crippen LogP) is 5.50. The third kappa shape index (κ3) is 5.96. The second-order valence-electron chi connectivity index (χ2n) is 8.71. The molecule has 1 aliphatic heterocycles. The second-order valence-corrected chi connectivity index (χ2v) is 8.71. The van der Waals surface area contributed by atoms with E-state index in [0.717, 1.165) is 30.3 Å². The van der Waals surface area contributed by atoms with Crippen molar-refractivity contribution in [2.24, 2.45) is 0 Å². The summed E-state index contributed by atoms with van der Waals surface area (Å²) >= 11 is 0. The fourth-order valence-electron chi connectivity index (χ4n) is 4.06. The molecule has 39 heavy (non-hydrogen) atoms. The van der Waals surface area contributed by atoms with Crippen LogP contribution >= 0.6 is 0 Å². The molecule has 0 bridgehead atoms. The number of amides is 2. The maximum atomic E-state index is 14.7. The number of ether oxygens (including phenoxy) is 1. The van der Waals surface area contributed by atoms with Gasteiger partial charge in [0.15, 0.2) is 5.78 Å². The van der Waals surface area contributed by atoms with Crippen molar-refractivity contribution in [2.45, 2.75) is 6.18 Å². The quantitative estimate of drug-likeness (QED) is 0.257. The van der Waals surface area contributed by atoms with E-state index in [4.69, 9.17) is 4.74 Å². The molecule has 2 amide bonds. The molecule has 12 heteroatoms. The van der Waals surface area contributed by atoms with E-state index in [1.165, 1.54) is 24.3 Å². The Labute approximate surface area is 219 Å². The molecule has 0 atom stereocenters. The van der Waals surface area contributed by atoms with Crippen LogP contribution < -0.4 is 15.5 Å². The van der Waals surface area contributed by atoms with E-state index in [2.05, 4.69) is 20.6 Å². The lowest BCUT2D eigenvalue weighted by Crippen LogP contribution is -2.36. The van der Waals surface area contributed by atoms with Crippen molar-refractivity contribution in [3.63, 3.8) is 0 Å². The molecule has 0 spiro atoms. The van der Waals surface area contributed by atoms with E-state index in [0.29, 0.717) is 43.2 Å². The van der Waals surface area contributed by atoms with Gasteiger partial charge in [0.05, 0.1) is 41.6 Å². The van der Waals surface area contributed by atoms with Gasteiger partial charge in [-0.2, -0.15) is 13.2 Å². The van der Waals surface area contributed by atoms with Gasteiger partial charge in [-0.1, -0.05) is 0 Å². The number of rotatable bonds is 5. The van der Waals surface area contributed by atoms with Crippen LogP contribution in [0.5, 0.6) is 0 Å². The summed E-state index contributed by atoms with van der Waals surface area (Å²) < 4.78 is 58.2. The molecule has 0 radical (unpaired) electrons. The molecule has 5 rings (SSSR count). The van der Waals surface area contributed by atoms with Crippen LogP contribution in [0.2, 0.25) is 0 Å². The number of morpholine rings is 1. The van der Waals surface area contributed by atoms with Gasteiger partial charge >= 0.3 is 12.2 Å². The van der Waals surface area contributed by atoms with Crippen LogP contribution in [0.3, 0.4) is 0 Å². The molecule has 0 aliphatic carbocycles. The maximum Gasteiger partial charge on any atom is 0.416 e. The number of nitrogens with zero attached hydrogens (tertiary/aromatic N) is 3. The first-order chi connectivity index (χ1) is 18.7. The minimum absolute atomic E-state index is 0.111. The second kappa shape index (κ2) is 10.7. The number of alkyl halides is 3. The molecule has 4 aromatic rings. The standard InChI is InChI=1S/C27H21F4N5O3/c28-21-7-6-19(34-26(38)33-18-4-2-17(3-5-18)27(29,30)31)14-20(21)25(37)16-1-8-22-23(13-16)35-24(15-32-22)36-9-11-39-12-10-36/h1-8,13-15H,9-12H2,(H2,33,34,38). The molecular formula is C27H21F4N5O3. The highest BCUT2D eigenvalue weighted by Crippen LogP contribution is 2.30. The van der Waals surface area contributed by atoms with E-state index >= 15 is 0 Å². The Balaban J connectivity index is 1.32. The highest BCUT2D eigenvalue weighted by atomic mass is 19.4. The van der Waals surface area contributed by atoms with Crippen LogP contribution in [-0.2, 0) is 10.9 Å². The van der Waals surface area contributed by atoms with Crippen LogP contribution in [-0.4, -0.2) is 48.1 Å². The van der Waals surface area contributed by atoms with Gasteiger partial charge < -0.3 is 20.3 Å². The minimum atomic E-state index is -4.50. The minimum Gasteiger partial charge on any atom is -0.378 e. The molecule has 1 fully saturated rings. The third-order valence-corrected chi connectivity index (χ3v) is 6.07. The van der Waals surface area contributed by atoms with E-state index < -0.39 is 29.4 Å². The zero-order valence-corrected chi connectivity index (χ0v) is 20.3. The van der Waals surface area contributed by atoms with Crippen molar-refractivity contribution in [1.82, 2.24) is 9.97 Å². The lowest BCUT2D eigenvalue weighted by Gasteiger charge is -2.27. The van der Waals surface area contributed by atoms with E-state index in [1.807, 2.05) is 4.90 Å². The first-order valence-electron chi connectivity index (χ1n) is 11.9. The number of hydrogen-bond donors (Lipinski definition) is 2. The third-order valence-electron chi connectivity index (χ3n) is 6.07. The lowest BCUT2D eigenvalue weighted by molar-refractivity contribution is -0.137. The number of anilines is 3. The fraction of sp³-hybridized carbons (Fsp3) is 0.185. The molecule has 1 aliphatic rings. The van der Waals surface area contributed by atoms with Gasteiger partial charge in [-0.05, 0) is 60.7 Å². The summed E-state index contributed by atoms with van der Waals surface area (Å²) in [5, 5.41) is 4.85. The molecular weight excluding hydrogens is 518 g/mol. The Bertz CT molecular complexity index is 1540. The highest BCUT2D eigenvalue weighted by molar-refractivity contribution is 6.11. The van der Waals surface area contributed by atoms with E-state index in [9.17, 15) is 27.2 Å². The number of nitrogens with one attached hydrogen (secondary N) is 2. The normalized spacial score (nSPS) is 13.8. The predicted molar refractivity (Wildman–Crippen MR) is 136 cm³/mol. The molecule has 1 saturated heterocycles. The SMILES string of the molecule is O=C(Nc1ccc(C(F)(F)F)cc1)Nc1ccc(F)c(C(=O)c2ccc3ncc(N4CCOCC4)nc3c2)c1. The number of halogens is 4. The number of carbonyl (C=O) groups is 2. The monoisotopic (exact) mass is 539 g/mol. The maximum absolute atomic E-state index is 14.7. The van der Waals surface area contributed by atoms with Gasteiger partial charge in [0, 0.05) is 30.0 Å². The summed E-state index contributed by atoms with van der Waals surface area (Å²) in [6.45, 7) is 2.47. The number of aromatic nitrogens is 2. The summed E-state index contributed by atoms with van der Waals surface area (Å²) in [4.78, 5) is 36.6. The van der Waals surface area contributed by atoms with Gasteiger partial charge in [-0.3, -0.25) is 9.78 Å². The smallest absolute Gasteiger partial charge is 0.378 e. The Morgan fingerprint density at radius 1 is 0.872 bits per heavy atom. The van der Waals surface area contributed by atoms with Crippen molar-refractivity contribution >= 4 is 40.0 Å². The van der Waals surface area contributed by atoms with Crippen LogP contribution in [0.25, 0.3) is 11.0 Å². The molecule has 2 N–H and O–H groups in total. The Morgan fingerprint density at radius 2 is 1.56 bits per heavy atom. The number of ketones is 1. The number of urea groups is 1. The summed E-state index contributed by atoms with van der Waals surface area (Å²) in [6, 6.07) is 11.3. The number of hydrogen-bond acceptors (Lipinski definition) is 6. The Kier molecular flexibility index (Phi) is 7.11. The van der Waals surface area contributed by atoms with Crippen LogP contribution in [0.4, 0.5) is 39.5 Å². The fourth-order valence-corrected chi connectivity index (χ4v) is 4.06. The number of benzene rings is 3. The molecule has 8 nitrogen and oxygen atoms in total. The van der Waals surface area contributed by atoms with Crippen LogP contribution in [0.15, 0.2) is 66.9 Å².